The van der Waals surface area contributed by atoms with Crippen LogP contribution in [-0.2, 0) is 21.1 Å². The van der Waals surface area contributed by atoms with Crippen molar-refractivity contribution in [3.05, 3.63) is 10.8 Å². The van der Waals surface area contributed by atoms with Crippen LogP contribution in [0, 0.1) is 6.92 Å². The van der Waals surface area contributed by atoms with E-state index in [0.29, 0.717) is 25.8 Å². The predicted molar refractivity (Wildman–Crippen MR) is 86.2 cm³/mol. The van der Waals surface area contributed by atoms with Crippen molar-refractivity contribution in [3.63, 3.8) is 0 Å². The van der Waals surface area contributed by atoms with Gasteiger partial charge in [-0.2, -0.15) is 9.61 Å². The molecule has 1 aliphatic heterocycles. The highest BCUT2D eigenvalue weighted by Gasteiger charge is 2.33. The monoisotopic (exact) mass is 357 g/mol. The second-order valence-electron chi connectivity index (χ2n) is 5.67. The molecule has 0 spiro atoms. The Balaban J connectivity index is 1.63. The Morgan fingerprint density at radius 3 is 2.83 bits per heavy atom. The summed E-state index contributed by atoms with van der Waals surface area (Å²) in [5.41, 5.74) is 0. The Bertz CT molecular complexity index is 826. The van der Waals surface area contributed by atoms with Crippen molar-refractivity contribution in [3.8, 4) is 0 Å². The number of aryl methyl sites for hydroxylation is 2. The molecule has 0 aliphatic carbocycles. The maximum atomic E-state index is 12.4. The van der Waals surface area contributed by atoms with Gasteiger partial charge in [0.2, 0.25) is 10.9 Å². The van der Waals surface area contributed by atoms with Gasteiger partial charge in [-0.15, -0.1) is 10.2 Å². The lowest BCUT2D eigenvalue weighted by molar-refractivity contribution is -0.132. The van der Waals surface area contributed by atoms with Crippen molar-refractivity contribution in [2.45, 2.75) is 39.2 Å². The van der Waals surface area contributed by atoms with Crippen LogP contribution < -0.4 is 0 Å². The zero-order valence-electron chi connectivity index (χ0n) is 13.1. The SMILES string of the molecule is CCN(C(=O)CCc1nn2c(C)nnc2s1)C1CCS(=O)(=O)C1. The largest absolute Gasteiger partial charge is 0.339 e. The van der Waals surface area contributed by atoms with Gasteiger partial charge < -0.3 is 4.90 Å². The van der Waals surface area contributed by atoms with Gasteiger partial charge in [0.1, 0.15) is 5.01 Å². The van der Waals surface area contributed by atoms with Crippen LogP contribution in [0.2, 0.25) is 0 Å². The maximum Gasteiger partial charge on any atom is 0.234 e. The van der Waals surface area contributed by atoms with Crippen molar-refractivity contribution < 1.29 is 13.2 Å². The van der Waals surface area contributed by atoms with Gasteiger partial charge in [0.25, 0.3) is 0 Å². The molecule has 10 heteroatoms. The summed E-state index contributed by atoms with van der Waals surface area (Å²) >= 11 is 1.42. The molecule has 3 rings (SSSR count). The summed E-state index contributed by atoms with van der Waals surface area (Å²) in [4.78, 5) is 14.9. The highest BCUT2D eigenvalue weighted by Crippen LogP contribution is 2.20. The molecular formula is C13H19N5O3S2. The van der Waals surface area contributed by atoms with Crippen LogP contribution in [0.25, 0.3) is 4.96 Å². The molecule has 2 aromatic rings. The van der Waals surface area contributed by atoms with Gasteiger partial charge in [-0.1, -0.05) is 11.3 Å². The molecular weight excluding hydrogens is 338 g/mol. The summed E-state index contributed by atoms with van der Waals surface area (Å²) in [5, 5.41) is 13.2. The summed E-state index contributed by atoms with van der Waals surface area (Å²) in [7, 11) is -2.99. The quantitative estimate of drug-likeness (QED) is 0.771. The van der Waals surface area contributed by atoms with Crippen molar-refractivity contribution in [1.82, 2.24) is 24.7 Å². The van der Waals surface area contributed by atoms with Crippen LogP contribution in [0.3, 0.4) is 0 Å². The standard InChI is InChI=1S/C13H19N5O3S2/c1-3-17(10-6-7-23(20,21)8-10)12(19)5-4-11-16-18-9(2)14-15-13(18)22-11/h10H,3-8H2,1-2H3. The van der Waals surface area contributed by atoms with Crippen LogP contribution >= 0.6 is 11.3 Å². The van der Waals surface area contributed by atoms with Crippen molar-refractivity contribution in [1.29, 1.82) is 0 Å². The van der Waals surface area contributed by atoms with Crippen molar-refractivity contribution in [2.75, 3.05) is 18.1 Å². The zero-order valence-corrected chi connectivity index (χ0v) is 14.7. The lowest BCUT2D eigenvalue weighted by atomic mass is 10.2. The van der Waals surface area contributed by atoms with Gasteiger partial charge in [-0.25, -0.2) is 8.42 Å². The van der Waals surface area contributed by atoms with E-state index >= 15 is 0 Å². The van der Waals surface area contributed by atoms with E-state index in [0.717, 1.165) is 15.8 Å². The minimum Gasteiger partial charge on any atom is -0.339 e. The summed E-state index contributed by atoms with van der Waals surface area (Å²) < 4.78 is 24.9. The van der Waals surface area contributed by atoms with Crippen LogP contribution in [-0.4, -0.2) is 63.1 Å². The first kappa shape index (κ1) is 16.3. The van der Waals surface area contributed by atoms with Gasteiger partial charge in [0, 0.05) is 25.4 Å². The second kappa shape index (κ2) is 6.16. The topological polar surface area (TPSA) is 97.5 Å². The molecule has 3 heterocycles. The van der Waals surface area contributed by atoms with E-state index in [1.807, 2.05) is 13.8 Å². The van der Waals surface area contributed by atoms with E-state index in [2.05, 4.69) is 15.3 Å². The first-order chi connectivity index (χ1) is 10.9. The third kappa shape index (κ3) is 3.37. The van der Waals surface area contributed by atoms with Gasteiger partial charge in [-0.3, -0.25) is 4.79 Å². The number of aromatic nitrogens is 4. The molecule has 23 heavy (non-hydrogen) atoms. The van der Waals surface area contributed by atoms with E-state index < -0.39 is 9.84 Å². The molecule has 1 aliphatic rings. The third-order valence-corrected chi connectivity index (χ3v) is 6.76. The van der Waals surface area contributed by atoms with E-state index in [9.17, 15) is 13.2 Å². The fraction of sp³-hybridized carbons (Fsp3) is 0.692. The molecule has 126 valence electrons. The number of hydrogen-bond acceptors (Lipinski definition) is 7. The second-order valence-corrected chi connectivity index (χ2v) is 8.94. The van der Waals surface area contributed by atoms with Crippen LogP contribution in [0.4, 0.5) is 0 Å². The van der Waals surface area contributed by atoms with E-state index in [1.54, 1.807) is 9.42 Å². The molecule has 1 amide bonds. The molecule has 1 fully saturated rings. The number of carbonyl (C=O) groups excluding carboxylic acids is 1. The van der Waals surface area contributed by atoms with Crippen LogP contribution in [0.15, 0.2) is 0 Å². The summed E-state index contributed by atoms with van der Waals surface area (Å²) in [6.45, 7) is 4.24. The van der Waals surface area contributed by atoms with Crippen molar-refractivity contribution >= 4 is 32.0 Å². The molecule has 1 saturated heterocycles. The van der Waals surface area contributed by atoms with E-state index in [-0.39, 0.29) is 23.5 Å². The van der Waals surface area contributed by atoms with E-state index in [1.165, 1.54) is 11.3 Å². The smallest absolute Gasteiger partial charge is 0.234 e. The Morgan fingerprint density at radius 1 is 1.43 bits per heavy atom. The first-order valence-corrected chi connectivity index (χ1v) is 10.2. The Morgan fingerprint density at radius 2 is 2.22 bits per heavy atom. The molecule has 8 nitrogen and oxygen atoms in total. The fourth-order valence-corrected chi connectivity index (χ4v) is 5.48. The number of fused-ring (bicyclic) bond motifs is 1. The molecule has 2 aromatic heterocycles. The summed E-state index contributed by atoms with van der Waals surface area (Å²) in [6, 6.07) is -0.183. The number of nitrogens with zero attached hydrogens (tertiary/aromatic N) is 5. The van der Waals surface area contributed by atoms with E-state index in [4.69, 9.17) is 0 Å². The van der Waals surface area contributed by atoms with Gasteiger partial charge >= 0.3 is 0 Å². The number of rotatable bonds is 5. The lowest BCUT2D eigenvalue weighted by Crippen LogP contribution is -2.41. The number of sulfone groups is 1. The van der Waals surface area contributed by atoms with Gasteiger partial charge in [-0.05, 0) is 20.3 Å². The van der Waals surface area contributed by atoms with Gasteiger partial charge in [0.15, 0.2) is 15.7 Å². The Hall–Kier alpha value is -1.55. The lowest BCUT2D eigenvalue weighted by Gasteiger charge is -2.26. The molecule has 1 atom stereocenters. The highest BCUT2D eigenvalue weighted by molar-refractivity contribution is 7.91. The fourth-order valence-electron chi connectivity index (χ4n) is 2.87. The number of carbonyl (C=O) groups is 1. The minimum absolute atomic E-state index is 0.0164. The minimum atomic E-state index is -2.99. The molecule has 0 radical (unpaired) electrons. The molecule has 0 N–H and O–H groups in total. The normalized spacial score (nSPS) is 20.2. The Labute approximate surface area is 138 Å². The summed E-state index contributed by atoms with van der Waals surface area (Å²) in [6.07, 6.45) is 1.40. The third-order valence-electron chi connectivity index (χ3n) is 4.05. The maximum absolute atomic E-state index is 12.4. The molecule has 0 saturated carbocycles. The first-order valence-electron chi connectivity index (χ1n) is 7.57. The predicted octanol–water partition coefficient (Wildman–Crippen LogP) is 0.462. The van der Waals surface area contributed by atoms with Gasteiger partial charge in [0.05, 0.1) is 11.5 Å². The average Bonchev–Trinajstić information content (AvgIpc) is 3.15. The summed E-state index contributed by atoms with van der Waals surface area (Å²) in [5.74, 6) is 0.970. The Kier molecular flexibility index (Phi) is 4.37. The van der Waals surface area contributed by atoms with Crippen LogP contribution in [0.5, 0.6) is 0 Å². The zero-order chi connectivity index (χ0) is 16.6. The van der Waals surface area contributed by atoms with Crippen molar-refractivity contribution in [2.24, 2.45) is 0 Å². The highest BCUT2D eigenvalue weighted by atomic mass is 32.2. The van der Waals surface area contributed by atoms with Crippen LogP contribution in [0.1, 0.15) is 30.6 Å². The molecule has 0 aromatic carbocycles. The number of hydrogen-bond donors (Lipinski definition) is 0. The average molecular weight is 357 g/mol. The number of amides is 1. The molecule has 1 unspecified atom stereocenters. The molecule has 0 bridgehead atoms.